The van der Waals surface area contributed by atoms with Crippen LogP contribution in [0.2, 0.25) is 0 Å². The van der Waals surface area contributed by atoms with Gasteiger partial charge >= 0.3 is 6.18 Å². The molecule has 0 N–H and O–H groups in total. The third kappa shape index (κ3) is 4.06. The van der Waals surface area contributed by atoms with Crippen molar-refractivity contribution in [1.29, 1.82) is 0 Å². The third-order valence-corrected chi connectivity index (χ3v) is 5.92. The Hall–Kier alpha value is -4.60. The topological polar surface area (TPSA) is 85.2 Å². The Bertz CT molecular complexity index is 1460. The van der Waals surface area contributed by atoms with Gasteiger partial charge < -0.3 is 0 Å². The van der Waals surface area contributed by atoms with Gasteiger partial charge in [-0.3, -0.25) is 23.9 Å². The first-order chi connectivity index (χ1) is 17.3. The van der Waals surface area contributed by atoms with E-state index in [1.54, 1.807) is 42.5 Å². The number of benzene rings is 3. The standard InChI is InChI=1S/C26H17F3N4O3/c27-26(28,29)17-10-11-21(20(14-17)23(34)16-6-2-1-3-7-16)33-15-30-31-22(33)12-13-32-24(35)18-8-4-5-9-19(18)25(32)36/h1-11,14-15H,12-13H2. The van der Waals surface area contributed by atoms with E-state index < -0.39 is 29.3 Å². The fourth-order valence-electron chi connectivity index (χ4n) is 4.13. The van der Waals surface area contributed by atoms with E-state index in [0.29, 0.717) is 11.1 Å². The Labute approximate surface area is 202 Å². The molecule has 0 saturated carbocycles. The maximum atomic E-state index is 13.5. The summed E-state index contributed by atoms with van der Waals surface area (Å²) >= 11 is 0. The number of amides is 2. The minimum absolute atomic E-state index is 0.0202. The monoisotopic (exact) mass is 490 g/mol. The van der Waals surface area contributed by atoms with E-state index in [0.717, 1.165) is 17.0 Å². The van der Waals surface area contributed by atoms with Crippen molar-refractivity contribution in [2.45, 2.75) is 12.6 Å². The van der Waals surface area contributed by atoms with Crippen molar-refractivity contribution in [2.75, 3.05) is 6.54 Å². The molecule has 5 rings (SSSR count). The number of ketones is 1. The van der Waals surface area contributed by atoms with Crippen LogP contribution >= 0.6 is 0 Å². The molecule has 10 heteroatoms. The maximum absolute atomic E-state index is 13.5. The van der Waals surface area contributed by atoms with Crippen LogP contribution in [0.4, 0.5) is 13.2 Å². The highest BCUT2D eigenvalue weighted by Crippen LogP contribution is 2.32. The van der Waals surface area contributed by atoms with Crippen LogP contribution in [0.5, 0.6) is 0 Å². The Morgan fingerprint density at radius 3 is 2.14 bits per heavy atom. The van der Waals surface area contributed by atoms with Crippen molar-refractivity contribution in [3.8, 4) is 5.69 Å². The van der Waals surface area contributed by atoms with E-state index in [-0.39, 0.29) is 35.6 Å². The Morgan fingerprint density at radius 2 is 1.50 bits per heavy atom. The van der Waals surface area contributed by atoms with Gasteiger partial charge in [-0.05, 0) is 30.3 Å². The molecule has 0 unspecified atom stereocenters. The first kappa shape index (κ1) is 23.2. The summed E-state index contributed by atoms with van der Waals surface area (Å²) in [5, 5.41) is 7.88. The number of halogens is 3. The average Bonchev–Trinajstić information content (AvgIpc) is 3.44. The molecule has 0 radical (unpaired) electrons. The third-order valence-electron chi connectivity index (χ3n) is 5.92. The van der Waals surface area contributed by atoms with Crippen molar-refractivity contribution in [2.24, 2.45) is 0 Å². The Balaban J connectivity index is 1.48. The van der Waals surface area contributed by atoms with E-state index in [9.17, 15) is 27.6 Å². The van der Waals surface area contributed by atoms with Crippen LogP contribution in [-0.2, 0) is 12.6 Å². The lowest BCUT2D eigenvalue weighted by atomic mass is 9.99. The van der Waals surface area contributed by atoms with Crippen molar-refractivity contribution >= 4 is 17.6 Å². The first-order valence-electron chi connectivity index (χ1n) is 10.9. The summed E-state index contributed by atoms with van der Waals surface area (Å²) in [7, 11) is 0. The highest BCUT2D eigenvalue weighted by molar-refractivity contribution is 6.21. The molecule has 180 valence electrons. The lowest BCUT2D eigenvalue weighted by Gasteiger charge is -2.16. The zero-order chi connectivity index (χ0) is 25.4. The van der Waals surface area contributed by atoms with Gasteiger partial charge in [0.2, 0.25) is 0 Å². The smallest absolute Gasteiger partial charge is 0.289 e. The molecule has 0 atom stereocenters. The SMILES string of the molecule is O=C(c1ccccc1)c1cc(C(F)(F)F)ccc1-n1cnnc1CCN1C(=O)c2ccccc2C1=O. The van der Waals surface area contributed by atoms with Gasteiger partial charge in [-0.1, -0.05) is 42.5 Å². The molecular weight excluding hydrogens is 473 g/mol. The van der Waals surface area contributed by atoms with Gasteiger partial charge in [0, 0.05) is 24.1 Å². The van der Waals surface area contributed by atoms with Gasteiger partial charge in [0.1, 0.15) is 12.2 Å². The van der Waals surface area contributed by atoms with Crippen LogP contribution < -0.4 is 0 Å². The Morgan fingerprint density at radius 1 is 0.861 bits per heavy atom. The second-order valence-corrected chi connectivity index (χ2v) is 8.10. The number of rotatable bonds is 6. The summed E-state index contributed by atoms with van der Waals surface area (Å²) in [5.41, 5.74) is -0.160. The molecule has 0 fully saturated rings. The minimum atomic E-state index is -4.65. The molecule has 1 aromatic heterocycles. The number of aromatic nitrogens is 3. The number of alkyl halides is 3. The van der Waals surface area contributed by atoms with Gasteiger partial charge in [0.15, 0.2) is 5.78 Å². The van der Waals surface area contributed by atoms with Gasteiger partial charge in [-0.15, -0.1) is 10.2 Å². The van der Waals surface area contributed by atoms with E-state index in [1.807, 2.05) is 0 Å². The summed E-state index contributed by atoms with van der Waals surface area (Å²) in [6, 6.07) is 17.3. The van der Waals surface area contributed by atoms with E-state index in [4.69, 9.17) is 0 Å². The van der Waals surface area contributed by atoms with E-state index in [1.165, 1.54) is 29.1 Å². The second-order valence-electron chi connectivity index (χ2n) is 8.10. The molecule has 0 saturated heterocycles. The van der Waals surface area contributed by atoms with Crippen LogP contribution in [0.3, 0.4) is 0 Å². The maximum Gasteiger partial charge on any atom is 0.416 e. The van der Waals surface area contributed by atoms with E-state index >= 15 is 0 Å². The van der Waals surface area contributed by atoms with Crippen LogP contribution in [0.1, 0.15) is 48.0 Å². The average molecular weight is 490 g/mol. The zero-order valence-corrected chi connectivity index (χ0v) is 18.6. The predicted molar refractivity (Wildman–Crippen MR) is 122 cm³/mol. The molecular formula is C26H17F3N4O3. The first-order valence-corrected chi connectivity index (χ1v) is 10.9. The van der Waals surface area contributed by atoms with Crippen LogP contribution in [0, 0.1) is 0 Å². The number of hydrogen-bond acceptors (Lipinski definition) is 5. The summed E-state index contributed by atoms with van der Waals surface area (Å²) in [6.45, 7) is -0.0202. The molecule has 0 spiro atoms. The highest BCUT2D eigenvalue weighted by atomic mass is 19.4. The van der Waals surface area contributed by atoms with Gasteiger partial charge in [-0.2, -0.15) is 13.2 Å². The lowest BCUT2D eigenvalue weighted by Crippen LogP contribution is -2.32. The molecule has 7 nitrogen and oxygen atoms in total. The normalized spacial score (nSPS) is 13.2. The molecule has 2 heterocycles. The molecule has 2 amide bonds. The highest BCUT2D eigenvalue weighted by Gasteiger charge is 2.35. The Kier molecular flexibility index (Phi) is 5.71. The zero-order valence-electron chi connectivity index (χ0n) is 18.6. The molecule has 1 aliphatic heterocycles. The minimum Gasteiger partial charge on any atom is -0.289 e. The fraction of sp³-hybridized carbons (Fsp3) is 0.115. The molecule has 0 bridgehead atoms. The number of carbonyl (C=O) groups excluding carboxylic acids is 3. The number of nitrogens with zero attached hydrogens (tertiary/aromatic N) is 4. The van der Waals surface area contributed by atoms with Crippen molar-refractivity contribution in [3.63, 3.8) is 0 Å². The second kappa shape index (κ2) is 8.88. The molecule has 0 aliphatic carbocycles. The van der Waals surface area contributed by atoms with Crippen LogP contribution in [0.15, 0.2) is 79.1 Å². The van der Waals surface area contributed by atoms with Gasteiger partial charge in [0.25, 0.3) is 11.8 Å². The van der Waals surface area contributed by atoms with Crippen LogP contribution in [-0.4, -0.2) is 43.8 Å². The largest absolute Gasteiger partial charge is 0.416 e. The summed E-state index contributed by atoms with van der Waals surface area (Å²) in [4.78, 5) is 39.6. The summed E-state index contributed by atoms with van der Waals surface area (Å²) < 4.78 is 41.8. The van der Waals surface area contributed by atoms with Crippen molar-refractivity contribution < 1.29 is 27.6 Å². The molecule has 3 aromatic carbocycles. The van der Waals surface area contributed by atoms with Crippen molar-refractivity contribution in [3.05, 3.63) is 113 Å². The fourth-order valence-corrected chi connectivity index (χ4v) is 4.13. The number of hydrogen-bond donors (Lipinski definition) is 0. The molecule has 1 aliphatic rings. The van der Waals surface area contributed by atoms with Crippen LogP contribution in [0.25, 0.3) is 5.69 Å². The number of carbonyl (C=O) groups is 3. The number of fused-ring (bicyclic) bond motifs is 1. The van der Waals surface area contributed by atoms with E-state index in [2.05, 4.69) is 10.2 Å². The quantitative estimate of drug-likeness (QED) is 0.296. The summed E-state index contributed by atoms with van der Waals surface area (Å²) in [6.07, 6.45) is -3.29. The predicted octanol–water partition coefficient (Wildman–Crippen LogP) is 4.36. The van der Waals surface area contributed by atoms with Gasteiger partial charge in [0.05, 0.1) is 22.4 Å². The van der Waals surface area contributed by atoms with Crippen molar-refractivity contribution in [1.82, 2.24) is 19.7 Å². The number of imide groups is 1. The van der Waals surface area contributed by atoms with Gasteiger partial charge in [-0.25, -0.2) is 0 Å². The summed E-state index contributed by atoms with van der Waals surface area (Å²) in [5.74, 6) is -1.20. The lowest BCUT2D eigenvalue weighted by molar-refractivity contribution is -0.137. The molecule has 4 aromatic rings. The molecule has 36 heavy (non-hydrogen) atoms.